The first-order valence-electron chi connectivity index (χ1n) is 5.90. The second-order valence-electron chi connectivity index (χ2n) is 5.40. The molecule has 3 N–H and O–H groups in total. The Labute approximate surface area is 102 Å². The fraction of sp³-hybridized carbons (Fsp3) is 0.750. The van der Waals surface area contributed by atoms with E-state index in [0.717, 1.165) is 12.8 Å². The topological polar surface area (TPSA) is 81.4 Å². The Morgan fingerprint density at radius 1 is 1.41 bits per heavy atom. The van der Waals surface area contributed by atoms with Gasteiger partial charge >= 0.3 is 6.09 Å². The van der Waals surface area contributed by atoms with Crippen LogP contribution in [0.2, 0.25) is 0 Å². The lowest BCUT2D eigenvalue weighted by Gasteiger charge is -2.28. The standard InChI is InChI=1S/C12H21N2O3/c1-12(2,3)17-11(16)14-9-6-4-5-8(7-9)10(13)15/h6,8-9H,4-5,7H2,1-3H3,(H2,13,15)(H,14,16). The smallest absolute Gasteiger partial charge is 0.407 e. The molecule has 1 radical (unpaired) electrons. The lowest BCUT2D eigenvalue weighted by molar-refractivity contribution is -0.122. The van der Waals surface area contributed by atoms with Crippen LogP contribution in [0, 0.1) is 12.3 Å². The van der Waals surface area contributed by atoms with Gasteiger partial charge in [0.2, 0.25) is 5.91 Å². The van der Waals surface area contributed by atoms with Crippen molar-refractivity contribution in [3.63, 3.8) is 0 Å². The van der Waals surface area contributed by atoms with Gasteiger partial charge in [-0.1, -0.05) is 0 Å². The zero-order valence-electron chi connectivity index (χ0n) is 10.7. The molecular formula is C12H21N2O3. The van der Waals surface area contributed by atoms with Gasteiger partial charge in [0.1, 0.15) is 5.60 Å². The molecule has 1 fully saturated rings. The number of ether oxygens (including phenoxy) is 1. The fourth-order valence-corrected chi connectivity index (χ4v) is 1.85. The molecule has 2 atom stereocenters. The monoisotopic (exact) mass is 241 g/mol. The summed E-state index contributed by atoms with van der Waals surface area (Å²) in [6, 6.07) is -0.129. The summed E-state index contributed by atoms with van der Waals surface area (Å²) in [6.07, 6.45) is 3.65. The summed E-state index contributed by atoms with van der Waals surface area (Å²) >= 11 is 0. The van der Waals surface area contributed by atoms with Crippen LogP contribution in [-0.2, 0) is 9.53 Å². The van der Waals surface area contributed by atoms with Crippen molar-refractivity contribution < 1.29 is 14.3 Å². The summed E-state index contributed by atoms with van der Waals surface area (Å²) in [5.74, 6) is -0.450. The first kappa shape index (κ1) is 13.8. The van der Waals surface area contributed by atoms with Crippen LogP contribution in [0.3, 0.4) is 0 Å². The summed E-state index contributed by atoms with van der Waals surface area (Å²) < 4.78 is 5.15. The Kier molecular flexibility index (Phi) is 4.37. The number of hydrogen-bond acceptors (Lipinski definition) is 3. The third kappa shape index (κ3) is 5.06. The highest BCUT2D eigenvalue weighted by Crippen LogP contribution is 2.23. The van der Waals surface area contributed by atoms with E-state index in [1.165, 1.54) is 0 Å². The van der Waals surface area contributed by atoms with Gasteiger partial charge in [0.15, 0.2) is 0 Å². The average Bonchev–Trinajstić information content (AvgIpc) is 2.14. The molecule has 0 saturated heterocycles. The van der Waals surface area contributed by atoms with Crippen LogP contribution in [0.15, 0.2) is 0 Å². The molecule has 0 spiro atoms. The molecular weight excluding hydrogens is 220 g/mol. The Morgan fingerprint density at radius 3 is 2.59 bits per heavy atom. The summed E-state index contributed by atoms with van der Waals surface area (Å²) in [5, 5.41) is 2.74. The molecule has 1 saturated carbocycles. The maximum Gasteiger partial charge on any atom is 0.407 e. The van der Waals surface area contributed by atoms with Crippen LogP contribution in [0.5, 0.6) is 0 Å². The van der Waals surface area contributed by atoms with Crippen molar-refractivity contribution in [1.82, 2.24) is 5.32 Å². The van der Waals surface area contributed by atoms with Gasteiger partial charge in [-0.25, -0.2) is 4.79 Å². The van der Waals surface area contributed by atoms with E-state index in [1.807, 2.05) is 27.2 Å². The molecule has 17 heavy (non-hydrogen) atoms. The van der Waals surface area contributed by atoms with Crippen molar-refractivity contribution in [3.05, 3.63) is 6.42 Å². The normalized spacial score (nSPS) is 25.1. The number of carbonyl (C=O) groups is 2. The van der Waals surface area contributed by atoms with Crippen LogP contribution < -0.4 is 11.1 Å². The van der Waals surface area contributed by atoms with Gasteiger partial charge in [-0.2, -0.15) is 0 Å². The first-order chi connectivity index (χ1) is 7.78. The molecule has 5 heteroatoms. The highest BCUT2D eigenvalue weighted by molar-refractivity contribution is 5.77. The van der Waals surface area contributed by atoms with Gasteiger partial charge in [0.05, 0.1) is 0 Å². The van der Waals surface area contributed by atoms with Gasteiger partial charge < -0.3 is 15.8 Å². The number of rotatable bonds is 2. The van der Waals surface area contributed by atoms with Crippen LogP contribution in [0.4, 0.5) is 4.79 Å². The predicted molar refractivity (Wildman–Crippen MR) is 64.0 cm³/mol. The van der Waals surface area contributed by atoms with Crippen molar-refractivity contribution in [2.45, 2.75) is 51.7 Å². The Balaban J connectivity index is 2.41. The number of alkyl carbamates (subject to hydrolysis) is 1. The zero-order valence-corrected chi connectivity index (χ0v) is 10.7. The van der Waals surface area contributed by atoms with Gasteiger partial charge in [-0.15, -0.1) is 0 Å². The van der Waals surface area contributed by atoms with Crippen LogP contribution in [-0.4, -0.2) is 23.6 Å². The van der Waals surface area contributed by atoms with E-state index in [0.29, 0.717) is 6.42 Å². The van der Waals surface area contributed by atoms with Crippen LogP contribution in [0.1, 0.15) is 40.0 Å². The molecule has 1 aliphatic rings. The van der Waals surface area contributed by atoms with Crippen molar-refractivity contribution in [2.24, 2.45) is 11.7 Å². The van der Waals surface area contributed by atoms with E-state index < -0.39 is 11.7 Å². The van der Waals surface area contributed by atoms with Crippen LogP contribution >= 0.6 is 0 Å². The zero-order chi connectivity index (χ0) is 13.1. The Morgan fingerprint density at radius 2 is 2.06 bits per heavy atom. The lowest BCUT2D eigenvalue weighted by Crippen LogP contribution is -2.43. The largest absolute Gasteiger partial charge is 0.444 e. The number of primary amides is 1. The summed E-state index contributed by atoms with van der Waals surface area (Å²) in [6.45, 7) is 5.43. The van der Waals surface area contributed by atoms with Crippen molar-refractivity contribution in [2.75, 3.05) is 0 Å². The third-order valence-electron chi connectivity index (χ3n) is 2.61. The van der Waals surface area contributed by atoms with Gasteiger partial charge in [-0.05, 0) is 46.5 Å². The maximum absolute atomic E-state index is 11.5. The number of nitrogens with two attached hydrogens (primary N) is 1. The lowest BCUT2D eigenvalue weighted by atomic mass is 9.85. The van der Waals surface area contributed by atoms with Crippen molar-refractivity contribution in [1.29, 1.82) is 0 Å². The second kappa shape index (κ2) is 5.38. The highest BCUT2D eigenvalue weighted by atomic mass is 16.6. The van der Waals surface area contributed by atoms with E-state index >= 15 is 0 Å². The van der Waals surface area contributed by atoms with E-state index in [4.69, 9.17) is 10.5 Å². The van der Waals surface area contributed by atoms with Crippen molar-refractivity contribution in [3.8, 4) is 0 Å². The van der Waals surface area contributed by atoms with E-state index in [9.17, 15) is 9.59 Å². The minimum absolute atomic E-state index is 0.129. The molecule has 2 amide bonds. The van der Waals surface area contributed by atoms with Gasteiger partial charge in [-0.3, -0.25) is 4.79 Å². The predicted octanol–water partition coefficient (Wildman–Crippen LogP) is 1.37. The van der Waals surface area contributed by atoms with Crippen molar-refractivity contribution >= 4 is 12.0 Å². The quantitative estimate of drug-likeness (QED) is 0.766. The average molecular weight is 241 g/mol. The number of carbonyl (C=O) groups excluding carboxylic acids is 2. The minimum Gasteiger partial charge on any atom is -0.444 e. The summed E-state index contributed by atoms with van der Waals surface area (Å²) in [4.78, 5) is 22.6. The summed E-state index contributed by atoms with van der Waals surface area (Å²) in [5.41, 5.74) is 4.75. The van der Waals surface area contributed by atoms with Crippen LogP contribution in [0.25, 0.3) is 0 Å². The van der Waals surface area contributed by atoms with Gasteiger partial charge in [0, 0.05) is 12.0 Å². The first-order valence-corrected chi connectivity index (χ1v) is 5.90. The van der Waals surface area contributed by atoms with E-state index in [1.54, 1.807) is 0 Å². The minimum atomic E-state index is -0.512. The van der Waals surface area contributed by atoms with E-state index in [2.05, 4.69) is 5.32 Å². The molecule has 5 nitrogen and oxygen atoms in total. The molecule has 0 aromatic heterocycles. The number of nitrogens with one attached hydrogen (secondary N) is 1. The summed E-state index contributed by atoms with van der Waals surface area (Å²) in [7, 11) is 0. The molecule has 0 bridgehead atoms. The fourth-order valence-electron chi connectivity index (χ4n) is 1.85. The molecule has 0 heterocycles. The third-order valence-corrected chi connectivity index (χ3v) is 2.61. The molecule has 1 aliphatic carbocycles. The molecule has 0 aromatic carbocycles. The molecule has 0 aromatic rings. The van der Waals surface area contributed by atoms with Gasteiger partial charge in [0.25, 0.3) is 0 Å². The molecule has 2 unspecified atom stereocenters. The Bertz CT molecular complexity index is 297. The number of hydrogen-bond donors (Lipinski definition) is 2. The molecule has 0 aliphatic heterocycles. The Hall–Kier alpha value is -1.26. The second-order valence-corrected chi connectivity index (χ2v) is 5.40. The highest BCUT2D eigenvalue weighted by Gasteiger charge is 2.28. The van der Waals surface area contributed by atoms with E-state index in [-0.39, 0.29) is 17.9 Å². The SMILES string of the molecule is CC(C)(C)OC(=O)NC1[CH]CCC(C(N)=O)C1. The molecule has 1 rings (SSSR count). The maximum atomic E-state index is 11.5. The molecule has 97 valence electrons. The number of amides is 2.